The second-order valence-corrected chi connectivity index (χ2v) is 11.2. The number of benzene rings is 1. The molecule has 0 aliphatic carbocycles. The fourth-order valence-corrected chi connectivity index (χ4v) is 3.27. The van der Waals surface area contributed by atoms with E-state index in [9.17, 15) is 4.79 Å². The van der Waals surface area contributed by atoms with Crippen LogP contribution in [-0.2, 0) is 21.3 Å². The van der Waals surface area contributed by atoms with Crippen molar-refractivity contribution in [2.45, 2.75) is 78.6 Å². The lowest BCUT2D eigenvalue weighted by molar-refractivity contribution is 0.00578. The Bertz CT molecular complexity index is 1130. The lowest BCUT2D eigenvalue weighted by Crippen LogP contribution is -2.41. The summed E-state index contributed by atoms with van der Waals surface area (Å²) in [7, 11) is 1.69. The molecule has 0 saturated carbocycles. The lowest BCUT2D eigenvalue weighted by Gasteiger charge is -2.32. The van der Waals surface area contributed by atoms with Crippen molar-refractivity contribution in [1.82, 2.24) is 20.4 Å². The zero-order valence-electron chi connectivity index (χ0n) is 23.3. The molecular weight excluding hydrogens is 491 g/mol. The molecule has 1 saturated heterocycles. The summed E-state index contributed by atoms with van der Waals surface area (Å²) in [6.07, 6.45) is 3.88. The highest BCUT2D eigenvalue weighted by atomic mass is 35.5. The normalized spacial score (nSPS) is 15.8. The molecular formula is C27H38BClN4O4. The van der Waals surface area contributed by atoms with Gasteiger partial charge < -0.3 is 19.1 Å². The Hall–Kier alpha value is -2.59. The number of rotatable bonds is 4. The molecule has 0 atom stereocenters. The van der Waals surface area contributed by atoms with Crippen LogP contribution in [0.4, 0.5) is 0 Å². The minimum atomic E-state index is -0.283. The van der Waals surface area contributed by atoms with E-state index in [1.54, 1.807) is 24.5 Å². The maximum atomic E-state index is 10.2. The van der Waals surface area contributed by atoms with E-state index in [2.05, 4.69) is 73.3 Å². The Morgan fingerprint density at radius 2 is 1.65 bits per heavy atom. The minimum Gasteiger partial charge on any atom is -0.399 e. The maximum Gasteiger partial charge on any atom is 0.494 e. The van der Waals surface area contributed by atoms with Crippen molar-refractivity contribution >= 4 is 30.5 Å². The largest absolute Gasteiger partial charge is 0.494 e. The summed E-state index contributed by atoms with van der Waals surface area (Å²) in [5, 5.41) is 7.36. The molecule has 0 spiro atoms. The third-order valence-electron chi connectivity index (χ3n) is 6.09. The molecule has 10 heteroatoms. The summed E-state index contributed by atoms with van der Waals surface area (Å²) in [5.41, 5.74) is 2.92. The van der Waals surface area contributed by atoms with Gasteiger partial charge in [0, 0.05) is 29.4 Å². The Balaban J connectivity index is 0.000000224. The van der Waals surface area contributed by atoms with Crippen LogP contribution in [0, 0.1) is 6.92 Å². The summed E-state index contributed by atoms with van der Waals surface area (Å²) in [5.74, 6) is 0.592. The smallest absolute Gasteiger partial charge is 0.399 e. The van der Waals surface area contributed by atoms with Gasteiger partial charge in [-0.1, -0.05) is 55.7 Å². The van der Waals surface area contributed by atoms with Gasteiger partial charge in [0.1, 0.15) is 0 Å². The molecule has 0 amide bonds. The summed E-state index contributed by atoms with van der Waals surface area (Å²) in [6, 6.07) is 9.88. The molecule has 1 N–H and O–H groups in total. The Kier molecular flexibility index (Phi) is 10.6. The predicted octanol–water partition coefficient (Wildman–Crippen LogP) is 4.93. The number of pyridine rings is 1. The van der Waals surface area contributed by atoms with Gasteiger partial charge in [0.2, 0.25) is 11.7 Å². The van der Waals surface area contributed by atoms with Gasteiger partial charge in [0.05, 0.1) is 11.2 Å². The molecule has 0 unspecified atom stereocenters. The highest BCUT2D eigenvalue weighted by molar-refractivity contribution is 6.62. The number of carbonyl (C=O) groups excluding carboxylic acids is 1. The highest BCUT2D eigenvalue weighted by Gasteiger charge is 2.51. The molecule has 3 heterocycles. The average molecular weight is 529 g/mol. The van der Waals surface area contributed by atoms with Crippen molar-refractivity contribution in [2.24, 2.45) is 0 Å². The summed E-state index contributed by atoms with van der Waals surface area (Å²) in [6.45, 7) is 17.1. The third-order valence-corrected chi connectivity index (χ3v) is 6.34. The highest BCUT2D eigenvalue weighted by Crippen LogP contribution is 2.36. The van der Waals surface area contributed by atoms with Crippen LogP contribution in [0.25, 0.3) is 0 Å². The number of hydrogen-bond acceptors (Lipinski definition) is 8. The summed E-state index contributed by atoms with van der Waals surface area (Å²) in [4.78, 5) is 17.8. The molecule has 0 radical (unpaired) electrons. The first-order valence-electron chi connectivity index (χ1n) is 12.1. The summed E-state index contributed by atoms with van der Waals surface area (Å²) >= 11 is 5.50. The standard InChI is InChI=1S/C15H24BNO2.C7H10N2O2.C5H4ClN/c1-11-9-13(8-7-12(11)10-17-6)16-18-14(2,3)15(4,5)19-16;1-7(2,3)6-8-5(4-10)9-11-6;6-5-1-3-7-4-2-5/h7-9,17H,10H2,1-6H3;4H,1-3H3;1-4H. The van der Waals surface area contributed by atoms with Crippen LogP contribution < -0.4 is 10.8 Å². The number of halogens is 1. The molecule has 1 fully saturated rings. The van der Waals surface area contributed by atoms with Gasteiger partial charge in [-0.2, -0.15) is 4.98 Å². The van der Waals surface area contributed by atoms with Gasteiger partial charge >= 0.3 is 7.12 Å². The van der Waals surface area contributed by atoms with Crippen molar-refractivity contribution in [3.05, 3.63) is 70.6 Å². The Morgan fingerprint density at radius 3 is 2.03 bits per heavy atom. The molecule has 8 nitrogen and oxygen atoms in total. The molecule has 4 rings (SSSR count). The number of nitrogens with zero attached hydrogens (tertiary/aromatic N) is 3. The second kappa shape index (κ2) is 12.8. The van der Waals surface area contributed by atoms with Crippen LogP contribution in [0.5, 0.6) is 0 Å². The number of hydrogen-bond donors (Lipinski definition) is 1. The molecule has 1 aromatic carbocycles. The van der Waals surface area contributed by atoms with Gasteiger partial charge in [0.15, 0.2) is 6.29 Å². The molecule has 200 valence electrons. The topological polar surface area (TPSA) is 99.4 Å². The number of aromatic nitrogens is 3. The van der Waals surface area contributed by atoms with Gasteiger partial charge in [-0.25, -0.2) is 0 Å². The van der Waals surface area contributed by atoms with Gasteiger partial charge in [-0.15, -0.1) is 0 Å². The van der Waals surface area contributed by atoms with Crippen LogP contribution in [0.15, 0.2) is 47.2 Å². The van der Waals surface area contributed by atoms with E-state index in [0.717, 1.165) is 17.0 Å². The molecule has 0 bridgehead atoms. The van der Waals surface area contributed by atoms with Crippen molar-refractivity contribution in [3.8, 4) is 0 Å². The molecule has 2 aromatic heterocycles. The number of carbonyl (C=O) groups is 1. The predicted molar refractivity (Wildman–Crippen MR) is 147 cm³/mol. The van der Waals surface area contributed by atoms with Gasteiger partial charge in [-0.3, -0.25) is 9.78 Å². The maximum absolute atomic E-state index is 10.2. The van der Waals surface area contributed by atoms with E-state index in [1.807, 2.05) is 27.8 Å². The van der Waals surface area contributed by atoms with E-state index in [-0.39, 0.29) is 29.6 Å². The van der Waals surface area contributed by atoms with Crippen molar-refractivity contribution in [2.75, 3.05) is 7.05 Å². The first kappa shape index (κ1) is 30.6. The van der Waals surface area contributed by atoms with E-state index < -0.39 is 0 Å². The van der Waals surface area contributed by atoms with Gasteiger partial charge in [-0.05, 0) is 70.4 Å². The third kappa shape index (κ3) is 8.74. The van der Waals surface area contributed by atoms with Crippen LogP contribution in [0.1, 0.15) is 76.1 Å². The molecule has 1 aliphatic heterocycles. The van der Waals surface area contributed by atoms with Crippen LogP contribution in [0.2, 0.25) is 5.02 Å². The lowest BCUT2D eigenvalue weighted by atomic mass is 9.78. The zero-order valence-corrected chi connectivity index (χ0v) is 24.0. The Labute approximate surface area is 225 Å². The quantitative estimate of drug-likeness (QED) is 0.376. The monoisotopic (exact) mass is 528 g/mol. The fourth-order valence-electron chi connectivity index (χ4n) is 3.15. The van der Waals surface area contributed by atoms with Crippen molar-refractivity contribution in [3.63, 3.8) is 0 Å². The number of aldehydes is 1. The summed E-state index contributed by atoms with van der Waals surface area (Å²) < 4.78 is 17.0. The van der Waals surface area contributed by atoms with Gasteiger partial charge in [0.25, 0.3) is 0 Å². The fraction of sp³-hybridized carbons (Fsp3) is 0.481. The molecule has 1 aliphatic rings. The van der Waals surface area contributed by atoms with Crippen molar-refractivity contribution < 1.29 is 18.6 Å². The zero-order chi connectivity index (χ0) is 27.9. The van der Waals surface area contributed by atoms with E-state index in [4.69, 9.17) is 25.4 Å². The SMILES string of the molecule is CC(C)(C)c1nc(C=O)no1.CNCc1ccc(B2OC(C)(C)C(C)(C)O2)cc1C.Clc1ccncc1. The Morgan fingerprint density at radius 1 is 1.05 bits per heavy atom. The minimum absolute atomic E-state index is 0.106. The second-order valence-electron chi connectivity index (χ2n) is 10.8. The van der Waals surface area contributed by atoms with Crippen molar-refractivity contribution in [1.29, 1.82) is 0 Å². The van der Waals surface area contributed by atoms with E-state index >= 15 is 0 Å². The van der Waals surface area contributed by atoms with E-state index in [1.165, 1.54) is 11.1 Å². The molecule has 3 aromatic rings. The molecule has 37 heavy (non-hydrogen) atoms. The number of nitrogens with one attached hydrogen (secondary N) is 1. The van der Waals surface area contributed by atoms with E-state index in [0.29, 0.717) is 12.2 Å². The average Bonchev–Trinajstić information content (AvgIpc) is 3.39. The number of aryl methyl sites for hydroxylation is 1. The van der Waals surface area contributed by atoms with Crippen LogP contribution in [-0.4, -0.2) is 46.8 Å². The van der Waals surface area contributed by atoms with Crippen LogP contribution in [0.3, 0.4) is 0 Å². The first-order valence-corrected chi connectivity index (χ1v) is 12.5. The first-order chi connectivity index (χ1) is 17.2. The van der Waals surface area contributed by atoms with Crippen LogP contribution >= 0.6 is 11.6 Å².